The number of nitrogens with one attached hydrogen (secondary N) is 2. The van der Waals surface area contributed by atoms with Crippen molar-refractivity contribution in [2.75, 3.05) is 0 Å². The van der Waals surface area contributed by atoms with Crippen molar-refractivity contribution >= 4 is 38.1 Å². The zero-order valence-electron chi connectivity index (χ0n) is 12.0. The number of benzene rings is 1. The Kier molecular flexibility index (Phi) is 2.98. The molecule has 0 aliphatic rings. The van der Waals surface area contributed by atoms with Crippen molar-refractivity contribution in [2.45, 2.75) is 6.54 Å². The fourth-order valence-corrected chi connectivity index (χ4v) is 3.05. The maximum atomic E-state index is 12.2. The highest BCUT2D eigenvalue weighted by Crippen LogP contribution is 2.18. The van der Waals surface area contributed by atoms with Crippen LogP contribution in [0.25, 0.3) is 22.2 Å². The van der Waals surface area contributed by atoms with Crippen LogP contribution in [0.15, 0.2) is 38.6 Å². The van der Waals surface area contributed by atoms with Crippen LogP contribution in [0, 0.1) is 0 Å². The van der Waals surface area contributed by atoms with Crippen LogP contribution in [0.5, 0.6) is 0 Å². The molecule has 8 nitrogen and oxygen atoms in total. The van der Waals surface area contributed by atoms with Gasteiger partial charge in [-0.25, -0.2) is 14.8 Å². The number of rotatable bonds is 2. The van der Waals surface area contributed by atoms with Crippen LogP contribution < -0.4 is 11.2 Å². The Bertz CT molecular complexity index is 1130. The van der Waals surface area contributed by atoms with Gasteiger partial charge >= 0.3 is 5.69 Å². The monoisotopic (exact) mass is 374 g/mol. The van der Waals surface area contributed by atoms with Gasteiger partial charge in [0.2, 0.25) is 0 Å². The maximum absolute atomic E-state index is 12.2. The lowest BCUT2D eigenvalue weighted by molar-refractivity contribution is 0.756. The molecule has 3 heterocycles. The van der Waals surface area contributed by atoms with Crippen molar-refractivity contribution in [1.82, 2.24) is 29.1 Å². The lowest BCUT2D eigenvalue weighted by Crippen LogP contribution is -2.29. The quantitative estimate of drug-likeness (QED) is 0.513. The molecule has 0 unspecified atom stereocenters. The fraction of sp³-hybridized carbons (Fsp3) is 0.143. The first kappa shape index (κ1) is 13.9. The van der Waals surface area contributed by atoms with E-state index < -0.39 is 11.2 Å². The number of aromatic amines is 2. The molecule has 0 amide bonds. The lowest BCUT2D eigenvalue weighted by Gasteiger charge is -2.03. The van der Waals surface area contributed by atoms with Gasteiger partial charge in [-0.1, -0.05) is 12.1 Å². The van der Waals surface area contributed by atoms with Crippen LogP contribution >= 0.6 is 15.9 Å². The maximum Gasteiger partial charge on any atom is 0.329 e. The Labute approximate surface area is 136 Å². The number of fused-ring (bicyclic) bond motifs is 2. The molecule has 0 saturated heterocycles. The van der Waals surface area contributed by atoms with E-state index in [0.717, 1.165) is 11.0 Å². The fourth-order valence-electron chi connectivity index (χ4n) is 2.58. The number of aromatic nitrogens is 6. The summed E-state index contributed by atoms with van der Waals surface area (Å²) < 4.78 is 3.43. The first-order valence-electron chi connectivity index (χ1n) is 6.83. The van der Waals surface area contributed by atoms with Crippen molar-refractivity contribution in [2.24, 2.45) is 7.05 Å². The number of halogens is 1. The van der Waals surface area contributed by atoms with Gasteiger partial charge in [0, 0.05) is 7.05 Å². The molecule has 0 aliphatic heterocycles. The number of nitrogens with zero attached hydrogens (tertiary/aromatic N) is 4. The normalized spacial score (nSPS) is 11.6. The number of hydrogen-bond acceptors (Lipinski definition) is 4. The van der Waals surface area contributed by atoms with Gasteiger partial charge in [-0.2, -0.15) is 0 Å². The van der Waals surface area contributed by atoms with E-state index in [1.807, 2.05) is 24.3 Å². The summed E-state index contributed by atoms with van der Waals surface area (Å²) in [6, 6.07) is 7.68. The number of aryl methyl sites for hydroxylation is 1. The molecule has 0 saturated carbocycles. The van der Waals surface area contributed by atoms with E-state index in [9.17, 15) is 9.59 Å². The van der Waals surface area contributed by atoms with E-state index >= 15 is 0 Å². The van der Waals surface area contributed by atoms with E-state index in [1.54, 1.807) is 11.6 Å². The third-order valence-electron chi connectivity index (χ3n) is 3.71. The van der Waals surface area contributed by atoms with Crippen LogP contribution in [0.2, 0.25) is 0 Å². The second kappa shape index (κ2) is 4.92. The molecular formula is C14H11BrN6O2. The summed E-state index contributed by atoms with van der Waals surface area (Å²) in [7, 11) is 1.56. The Balaban J connectivity index is 1.92. The molecule has 9 heteroatoms. The van der Waals surface area contributed by atoms with E-state index in [4.69, 9.17) is 0 Å². The molecule has 0 atom stereocenters. The Morgan fingerprint density at radius 3 is 2.74 bits per heavy atom. The molecule has 2 N–H and O–H groups in total. The number of para-hydroxylation sites is 2. The molecule has 0 fully saturated rings. The molecule has 0 aliphatic carbocycles. The van der Waals surface area contributed by atoms with Gasteiger partial charge in [-0.3, -0.25) is 14.3 Å². The second-order valence-electron chi connectivity index (χ2n) is 5.16. The second-order valence-corrected chi connectivity index (χ2v) is 5.87. The van der Waals surface area contributed by atoms with Crippen LogP contribution in [0.4, 0.5) is 0 Å². The van der Waals surface area contributed by atoms with Gasteiger partial charge in [0.1, 0.15) is 5.82 Å². The van der Waals surface area contributed by atoms with Crippen LogP contribution in [0.1, 0.15) is 5.82 Å². The predicted octanol–water partition coefficient (Wildman–Crippen LogP) is 1.11. The highest BCUT2D eigenvalue weighted by Gasteiger charge is 2.17. The van der Waals surface area contributed by atoms with Crippen LogP contribution in [0.3, 0.4) is 0 Å². The van der Waals surface area contributed by atoms with Crippen molar-refractivity contribution in [3.05, 3.63) is 55.7 Å². The number of hydrogen-bond donors (Lipinski definition) is 2. The summed E-state index contributed by atoms with van der Waals surface area (Å²) in [6.45, 7) is 0.326. The summed E-state index contributed by atoms with van der Waals surface area (Å²) in [5.74, 6) is 0.694. The summed E-state index contributed by atoms with van der Waals surface area (Å²) in [6.07, 6.45) is 0. The van der Waals surface area contributed by atoms with E-state index in [2.05, 4.69) is 35.9 Å². The topological polar surface area (TPSA) is 101 Å². The lowest BCUT2D eigenvalue weighted by atomic mass is 10.3. The average molecular weight is 375 g/mol. The van der Waals surface area contributed by atoms with Gasteiger partial charge in [0.15, 0.2) is 15.9 Å². The van der Waals surface area contributed by atoms with Gasteiger partial charge in [-0.15, -0.1) is 0 Å². The minimum absolute atomic E-state index is 0.319. The number of H-pyrrole nitrogens is 2. The molecule has 0 spiro atoms. The van der Waals surface area contributed by atoms with Crippen molar-refractivity contribution < 1.29 is 0 Å². The van der Waals surface area contributed by atoms with Gasteiger partial charge in [-0.05, 0) is 28.1 Å². The molecule has 4 rings (SSSR count). The highest BCUT2D eigenvalue weighted by molar-refractivity contribution is 9.10. The zero-order valence-corrected chi connectivity index (χ0v) is 13.6. The third-order valence-corrected chi connectivity index (χ3v) is 4.31. The van der Waals surface area contributed by atoms with E-state index in [0.29, 0.717) is 28.3 Å². The van der Waals surface area contributed by atoms with Crippen LogP contribution in [-0.4, -0.2) is 29.1 Å². The smallest absolute Gasteiger partial charge is 0.329 e. The molecule has 3 aromatic heterocycles. The molecule has 1 aromatic carbocycles. The molecule has 0 bridgehead atoms. The van der Waals surface area contributed by atoms with Crippen molar-refractivity contribution in [3.8, 4) is 0 Å². The first-order valence-corrected chi connectivity index (χ1v) is 7.62. The SMILES string of the molecule is Cn1c(=O)[nH]c(=O)c2c1nc(Br)n2Cc1nc2ccccc2[nH]1. The first-order chi connectivity index (χ1) is 11.0. The third kappa shape index (κ3) is 2.12. The molecule has 116 valence electrons. The summed E-state index contributed by atoms with van der Waals surface area (Å²) in [5, 5.41) is 0. The minimum Gasteiger partial charge on any atom is -0.340 e. The standard InChI is InChI=1S/C14H11BrN6O2/c1-20-11-10(12(22)19-14(20)23)21(13(15)18-11)6-9-16-7-4-2-3-5-8(7)17-9/h2-5H,6H2,1H3,(H,16,17)(H,19,22,23). The van der Waals surface area contributed by atoms with Crippen molar-refractivity contribution in [3.63, 3.8) is 0 Å². The Morgan fingerprint density at radius 1 is 1.17 bits per heavy atom. The predicted molar refractivity (Wildman–Crippen MR) is 88.5 cm³/mol. The molecule has 0 radical (unpaired) electrons. The summed E-state index contributed by atoms with van der Waals surface area (Å²) in [5.41, 5.74) is 1.44. The van der Waals surface area contributed by atoms with Gasteiger partial charge < -0.3 is 9.55 Å². The number of imidazole rings is 2. The summed E-state index contributed by atoms with van der Waals surface area (Å²) >= 11 is 3.35. The van der Waals surface area contributed by atoms with E-state index in [-0.39, 0.29) is 0 Å². The largest absolute Gasteiger partial charge is 0.340 e. The van der Waals surface area contributed by atoms with Gasteiger partial charge in [0.25, 0.3) is 5.56 Å². The molecule has 23 heavy (non-hydrogen) atoms. The highest BCUT2D eigenvalue weighted by atomic mass is 79.9. The molecular weight excluding hydrogens is 364 g/mol. The van der Waals surface area contributed by atoms with Gasteiger partial charge in [0.05, 0.1) is 17.6 Å². The Hall–Kier alpha value is -2.68. The van der Waals surface area contributed by atoms with E-state index in [1.165, 1.54) is 4.57 Å². The average Bonchev–Trinajstić information content (AvgIpc) is 3.07. The van der Waals surface area contributed by atoms with Crippen molar-refractivity contribution in [1.29, 1.82) is 0 Å². The van der Waals surface area contributed by atoms with Crippen LogP contribution in [-0.2, 0) is 13.6 Å². The Morgan fingerprint density at radius 2 is 1.96 bits per heavy atom. The summed E-state index contributed by atoms with van der Waals surface area (Å²) in [4.78, 5) is 38.1. The minimum atomic E-state index is -0.497. The molecule has 4 aromatic rings. The zero-order chi connectivity index (χ0) is 16.1.